The molecule has 1 atom stereocenters. The highest BCUT2D eigenvalue weighted by Crippen LogP contribution is 2.28. The Bertz CT molecular complexity index is 671. The number of nitro groups is 1. The fraction of sp³-hybridized carbons (Fsp3) is 0.462. The first-order valence-corrected chi connectivity index (χ1v) is 8.53. The van der Waals surface area contributed by atoms with Crippen molar-refractivity contribution in [3.05, 3.63) is 28.3 Å². The van der Waals surface area contributed by atoms with Gasteiger partial charge >= 0.3 is 5.97 Å². The molecular weight excluding hydrogens is 312 g/mol. The van der Waals surface area contributed by atoms with Gasteiger partial charge in [-0.15, -0.1) is 0 Å². The molecule has 0 aliphatic carbocycles. The number of carbonyl (C=O) groups is 1. The van der Waals surface area contributed by atoms with Gasteiger partial charge in [-0.3, -0.25) is 10.1 Å². The number of aliphatic carboxylic acids is 1. The third-order valence-corrected chi connectivity index (χ3v) is 4.18. The van der Waals surface area contributed by atoms with Gasteiger partial charge in [0.2, 0.25) is 0 Å². The molecule has 0 unspecified atom stereocenters. The van der Waals surface area contributed by atoms with Crippen molar-refractivity contribution in [2.75, 3.05) is 11.6 Å². The average Bonchev–Trinajstić information content (AvgIpc) is 2.41. The van der Waals surface area contributed by atoms with Crippen LogP contribution in [-0.4, -0.2) is 36.7 Å². The Morgan fingerprint density at radius 3 is 2.55 bits per heavy atom. The molecular formula is C13H18N2O6S. The largest absolute Gasteiger partial charge is 0.480 e. The molecule has 0 saturated heterocycles. The number of rotatable bonds is 8. The Hall–Kier alpha value is -2.16. The highest BCUT2D eigenvalue weighted by atomic mass is 32.2. The van der Waals surface area contributed by atoms with Crippen molar-refractivity contribution in [1.29, 1.82) is 0 Å². The predicted molar refractivity (Wildman–Crippen MR) is 80.8 cm³/mol. The third-order valence-electron chi connectivity index (χ3n) is 3.07. The van der Waals surface area contributed by atoms with E-state index in [2.05, 4.69) is 5.32 Å². The summed E-state index contributed by atoms with van der Waals surface area (Å²) in [6.45, 7) is 1.91. The molecule has 0 spiro atoms. The van der Waals surface area contributed by atoms with Crippen LogP contribution in [-0.2, 0) is 14.6 Å². The molecule has 122 valence electrons. The van der Waals surface area contributed by atoms with Crippen LogP contribution in [0.1, 0.15) is 26.2 Å². The van der Waals surface area contributed by atoms with Gasteiger partial charge in [-0.25, -0.2) is 13.2 Å². The quantitative estimate of drug-likeness (QED) is 0.551. The molecule has 22 heavy (non-hydrogen) atoms. The van der Waals surface area contributed by atoms with Gasteiger partial charge in [0.15, 0.2) is 9.84 Å². The second-order valence-corrected chi connectivity index (χ2v) is 6.90. The van der Waals surface area contributed by atoms with Crippen LogP contribution in [0.5, 0.6) is 0 Å². The monoisotopic (exact) mass is 330 g/mol. The average molecular weight is 330 g/mol. The number of nitro benzene ring substituents is 1. The minimum absolute atomic E-state index is 0.0131. The first-order valence-electron chi connectivity index (χ1n) is 6.64. The number of carboxylic acid groups (broad SMARTS) is 1. The van der Waals surface area contributed by atoms with E-state index in [1.54, 1.807) is 0 Å². The van der Waals surface area contributed by atoms with Crippen LogP contribution in [0.4, 0.5) is 11.4 Å². The van der Waals surface area contributed by atoms with Crippen LogP contribution >= 0.6 is 0 Å². The lowest BCUT2D eigenvalue weighted by Crippen LogP contribution is -2.29. The number of unbranched alkanes of at least 4 members (excludes halogenated alkanes) is 1. The van der Waals surface area contributed by atoms with Crippen LogP contribution in [0.25, 0.3) is 0 Å². The van der Waals surface area contributed by atoms with E-state index in [1.165, 1.54) is 12.1 Å². The first kappa shape index (κ1) is 17.9. The Kier molecular flexibility index (Phi) is 5.86. The minimum Gasteiger partial charge on any atom is -0.480 e. The van der Waals surface area contributed by atoms with Gasteiger partial charge in [-0.2, -0.15) is 0 Å². The number of hydrogen-bond donors (Lipinski definition) is 2. The molecule has 9 heteroatoms. The normalized spacial score (nSPS) is 12.6. The smallest absolute Gasteiger partial charge is 0.326 e. The van der Waals surface area contributed by atoms with Crippen molar-refractivity contribution in [2.24, 2.45) is 0 Å². The number of hydrogen-bond acceptors (Lipinski definition) is 6. The Morgan fingerprint density at radius 1 is 1.45 bits per heavy atom. The van der Waals surface area contributed by atoms with Crippen LogP contribution in [0, 0.1) is 10.1 Å². The molecule has 1 aromatic rings. The second kappa shape index (κ2) is 7.21. The van der Waals surface area contributed by atoms with E-state index >= 15 is 0 Å². The second-order valence-electron chi connectivity index (χ2n) is 4.89. The number of anilines is 1. The van der Waals surface area contributed by atoms with Gasteiger partial charge in [0.25, 0.3) is 5.69 Å². The maximum absolute atomic E-state index is 11.5. The molecule has 8 nitrogen and oxygen atoms in total. The van der Waals surface area contributed by atoms with Crippen LogP contribution in [0.3, 0.4) is 0 Å². The first-order chi connectivity index (χ1) is 10.2. The molecule has 1 aromatic carbocycles. The highest BCUT2D eigenvalue weighted by Gasteiger charge is 2.23. The summed E-state index contributed by atoms with van der Waals surface area (Å²) in [5.74, 6) is -1.12. The molecule has 1 rings (SSSR count). The summed E-state index contributed by atoms with van der Waals surface area (Å²) in [6, 6.07) is 2.39. The number of carboxylic acids is 1. The van der Waals surface area contributed by atoms with E-state index in [9.17, 15) is 23.3 Å². The van der Waals surface area contributed by atoms with E-state index < -0.39 is 32.5 Å². The van der Waals surface area contributed by atoms with Crippen LogP contribution in [0.2, 0.25) is 0 Å². The summed E-state index contributed by atoms with van der Waals surface area (Å²) >= 11 is 0. The molecule has 2 N–H and O–H groups in total. The number of nitrogens with one attached hydrogen (secondary N) is 1. The number of nitrogens with zero attached hydrogens (tertiary/aromatic N) is 1. The van der Waals surface area contributed by atoms with Crippen molar-refractivity contribution < 1.29 is 23.2 Å². The zero-order chi connectivity index (χ0) is 16.9. The molecule has 0 aromatic heterocycles. The molecule has 0 aliphatic heterocycles. The van der Waals surface area contributed by atoms with Gasteiger partial charge in [0.1, 0.15) is 11.7 Å². The van der Waals surface area contributed by atoms with E-state index in [-0.39, 0.29) is 10.6 Å². The van der Waals surface area contributed by atoms with Gasteiger partial charge in [0, 0.05) is 12.3 Å². The molecule has 0 amide bonds. The van der Waals surface area contributed by atoms with Crippen molar-refractivity contribution in [2.45, 2.75) is 37.1 Å². The molecule has 0 aliphatic rings. The van der Waals surface area contributed by atoms with Gasteiger partial charge < -0.3 is 10.4 Å². The van der Waals surface area contributed by atoms with Crippen molar-refractivity contribution in [3.63, 3.8) is 0 Å². The summed E-state index contributed by atoms with van der Waals surface area (Å²) in [5, 5.41) is 22.8. The lowest BCUT2D eigenvalue weighted by molar-refractivity contribution is -0.384. The fourth-order valence-electron chi connectivity index (χ4n) is 1.87. The van der Waals surface area contributed by atoms with Gasteiger partial charge in [-0.05, 0) is 18.6 Å². The fourth-order valence-corrected chi connectivity index (χ4v) is 2.51. The van der Waals surface area contributed by atoms with Crippen LogP contribution in [0.15, 0.2) is 23.1 Å². The summed E-state index contributed by atoms with van der Waals surface area (Å²) < 4.78 is 22.9. The van der Waals surface area contributed by atoms with Gasteiger partial charge in [-0.1, -0.05) is 19.8 Å². The Balaban J connectivity index is 3.18. The van der Waals surface area contributed by atoms with Crippen LogP contribution < -0.4 is 5.32 Å². The predicted octanol–water partition coefficient (Wildman–Crippen LogP) is 2.05. The summed E-state index contributed by atoms with van der Waals surface area (Å²) in [6.07, 6.45) is 2.71. The highest BCUT2D eigenvalue weighted by molar-refractivity contribution is 7.90. The SMILES string of the molecule is CCCC[C@H](Nc1ccc(S(C)(=O)=O)cc1[N+](=O)[O-])C(=O)O. The summed E-state index contributed by atoms with van der Waals surface area (Å²) in [5.41, 5.74) is -0.480. The molecule has 0 bridgehead atoms. The Morgan fingerprint density at radius 2 is 2.09 bits per heavy atom. The maximum Gasteiger partial charge on any atom is 0.326 e. The summed E-state index contributed by atoms with van der Waals surface area (Å²) in [4.78, 5) is 21.3. The zero-order valence-corrected chi connectivity index (χ0v) is 13.1. The van der Waals surface area contributed by atoms with E-state index in [0.29, 0.717) is 12.8 Å². The minimum atomic E-state index is -3.58. The lowest BCUT2D eigenvalue weighted by Gasteiger charge is -2.15. The van der Waals surface area contributed by atoms with E-state index in [0.717, 1.165) is 18.7 Å². The molecule has 0 radical (unpaired) electrons. The van der Waals surface area contributed by atoms with Crippen molar-refractivity contribution in [3.8, 4) is 0 Å². The van der Waals surface area contributed by atoms with Crippen molar-refractivity contribution in [1.82, 2.24) is 0 Å². The van der Waals surface area contributed by atoms with E-state index in [4.69, 9.17) is 5.11 Å². The van der Waals surface area contributed by atoms with Crippen molar-refractivity contribution >= 4 is 27.2 Å². The zero-order valence-electron chi connectivity index (χ0n) is 12.3. The lowest BCUT2D eigenvalue weighted by atomic mass is 10.1. The number of benzene rings is 1. The maximum atomic E-state index is 11.5. The number of sulfone groups is 1. The molecule has 0 heterocycles. The molecule has 0 fully saturated rings. The van der Waals surface area contributed by atoms with E-state index in [1.807, 2.05) is 6.92 Å². The standard InChI is InChI=1S/C13H18N2O6S/c1-3-4-5-11(13(16)17)14-10-7-6-9(22(2,20)21)8-12(10)15(18)19/h6-8,11,14H,3-5H2,1-2H3,(H,16,17)/t11-/m0/s1. The van der Waals surface area contributed by atoms with Gasteiger partial charge in [0.05, 0.1) is 9.82 Å². The molecule has 0 saturated carbocycles. The topological polar surface area (TPSA) is 127 Å². The third kappa shape index (κ3) is 4.69. The summed E-state index contributed by atoms with van der Waals surface area (Å²) in [7, 11) is -3.58. The Labute approximate surface area is 128 Å².